The second-order valence-corrected chi connectivity index (χ2v) is 5.79. The van der Waals surface area contributed by atoms with Gasteiger partial charge < -0.3 is 0 Å². The molecule has 3 rings (SSSR count). The minimum atomic E-state index is -0.340. The van der Waals surface area contributed by atoms with E-state index in [1.54, 1.807) is 6.92 Å². The van der Waals surface area contributed by atoms with Crippen molar-refractivity contribution in [1.82, 2.24) is 0 Å². The van der Waals surface area contributed by atoms with Crippen LogP contribution in [0.2, 0.25) is 0 Å². The number of fused-ring (bicyclic) bond motifs is 1. The summed E-state index contributed by atoms with van der Waals surface area (Å²) in [6.07, 6.45) is 6.24. The van der Waals surface area contributed by atoms with E-state index >= 15 is 0 Å². The zero-order valence-corrected chi connectivity index (χ0v) is 11.2. The third-order valence-corrected chi connectivity index (χ3v) is 4.57. The molecule has 0 aromatic heterocycles. The van der Waals surface area contributed by atoms with Gasteiger partial charge >= 0.3 is 0 Å². The Hall–Kier alpha value is -1.70. The first-order valence-electron chi connectivity index (χ1n) is 6.95. The lowest BCUT2D eigenvalue weighted by Gasteiger charge is -2.26. The number of allylic oxidation sites excluding steroid dienone is 2. The number of carbonyl (C=O) groups excluding carboxylic acids is 2. The quantitative estimate of drug-likeness (QED) is 0.768. The van der Waals surface area contributed by atoms with Crippen molar-refractivity contribution in [2.75, 3.05) is 0 Å². The van der Waals surface area contributed by atoms with E-state index in [2.05, 4.69) is 6.07 Å². The predicted molar refractivity (Wildman–Crippen MR) is 74.1 cm³/mol. The van der Waals surface area contributed by atoms with Gasteiger partial charge in [0.25, 0.3) is 0 Å². The number of Topliss-reactive ketones (excluding diaryl/α,β-unsaturated/α-hetero) is 2. The molecule has 0 N–H and O–H groups in total. The maximum absolute atomic E-state index is 12.9. The van der Waals surface area contributed by atoms with Gasteiger partial charge in [0, 0.05) is 11.0 Å². The minimum absolute atomic E-state index is 0.113. The molecule has 0 saturated heterocycles. The Balaban J connectivity index is 1.98. The van der Waals surface area contributed by atoms with Gasteiger partial charge in [-0.05, 0) is 50.2 Å². The summed E-state index contributed by atoms with van der Waals surface area (Å²) in [6.45, 7) is 1.60. The largest absolute Gasteiger partial charge is 0.295 e. The summed E-state index contributed by atoms with van der Waals surface area (Å²) in [5.41, 5.74) is 2.54. The molecule has 1 spiro atoms. The summed E-state index contributed by atoms with van der Waals surface area (Å²) in [7, 11) is 0. The molecule has 0 heterocycles. The van der Waals surface area contributed by atoms with E-state index in [-0.39, 0.29) is 17.0 Å². The highest BCUT2D eigenvalue weighted by Gasteiger charge is 2.43. The maximum Gasteiger partial charge on any atom is 0.169 e. The zero-order chi connectivity index (χ0) is 13.5. The molecule has 2 aliphatic rings. The van der Waals surface area contributed by atoms with Crippen molar-refractivity contribution in [3.63, 3.8) is 0 Å². The monoisotopic (exact) mass is 254 g/mol. The highest BCUT2D eigenvalue weighted by atomic mass is 16.1. The first kappa shape index (κ1) is 12.3. The summed E-state index contributed by atoms with van der Waals surface area (Å²) >= 11 is 0. The summed E-state index contributed by atoms with van der Waals surface area (Å²) in [6, 6.07) is 7.93. The molecule has 0 bridgehead atoms. The van der Waals surface area contributed by atoms with Crippen LogP contribution in [0.4, 0.5) is 0 Å². The maximum atomic E-state index is 12.9. The van der Waals surface area contributed by atoms with Crippen LogP contribution in [-0.4, -0.2) is 11.6 Å². The third-order valence-electron chi connectivity index (χ3n) is 4.57. The highest BCUT2D eigenvalue weighted by molar-refractivity contribution is 6.04. The molecule has 2 nitrogen and oxygen atoms in total. The lowest BCUT2D eigenvalue weighted by atomic mass is 9.75. The van der Waals surface area contributed by atoms with Crippen LogP contribution in [0.15, 0.2) is 35.9 Å². The van der Waals surface area contributed by atoms with Crippen molar-refractivity contribution < 1.29 is 9.59 Å². The van der Waals surface area contributed by atoms with Crippen LogP contribution < -0.4 is 0 Å². The van der Waals surface area contributed by atoms with Crippen LogP contribution in [0.1, 0.15) is 48.5 Å². The average molecular weight is 254 g/mol. The lowest BCUT2D eigenvalue weighted by molar-refractivity contribution is -0.113. The molecule has 0 saturated carbocycles. The first-order valence-corrected chi connectivity index (χ1v) is 6.95. The van der Waals surface area contributed by atoms with E-state index in [4.69, 9.17) is 0 Å². The lowest BCUT2D eigenvalue weighted by Crippen LogP contribution is -2.28. The average Bonchev–Trinajstić information content (AvgIpc) is 2.79. The standard InChI is InChI=1S/C17H18O2/c1-12(18)14-8-10-17(11-14)9-4-6-13-5-2-3-7-15(13)16(17)19/h2-3,5,7-8H,4,6,9-11H2,1H3/t17-/m1/s1. The molecular formula is C17H18O2. The number of hydrogen-bond donors (Lipinski definition) is 0. The Labute approximate surface area is 113 Å². The fraction of sp³-hybridized carbons (Fsp3) is 0.412. The van der Waals surface area contributed by atoms with Crippen LogP contribution in [0.5, 0.6) is 0 Å². The molecule has 2 aliphatic carbocycles. The molecule has 98 valence electrons. The second-order valence-electron chi connectivity index (χ2n) is 5.79. The molecule has 0 aliphatic heterocycles. The van der Waals surface area contributed by atoms with Gasteiger partial charge in [-0.3, -0.25) is 9.59 Å². The Kier molecular flexibility index (Phi) is 2.89. The van der Waals surface area contributed by atoms with Crippen molar-refractivity contribution >= 4 is 11.6 Å². The van der Waals surface area contributed by atoms with Gasteiger partial charge in [-0.2, -0.15) is 0 Å². The Morgan fingerprint density at radius 3 is 2.79 bits per heavy atom. The Morgan fingerprint density at radius 1 is 1.26 bits per heavy atom. The van der Waals surface area contributed by atoms with Crippen molar-refractivity contribution in [2.45, 2.75) is 39.0 Å². The molecule has 0 radical (unpaired) electrons. The van der Waals surface area contributed by atoms with Crippen molar-refractivity contribution in [2.24, 2.45) is 5.41 Å². The van der Waals surface area contributed by atoms with Gasteiger partial charge in [0.2, 0.25) is 0 Å². The normalized spacial score (nSPS) is 25.9. The summed E-state index contributed by atoms with van der Waals surface area (Å²) in [5, 5.41) is 0. The van der Waals surface area contributed by atoms with Gasteiger partial charge in [-0.1, -0.05) is 30.3 Å². The number of aryl methyl sites for hydroxylation is 1. The van der Waals surface area contributed by atoms with Gasteiger partial charge in [-0.15, -0.1) is 0 Å². The van der Waals surface area contributed by atoms with Crippen molar-refractivity contribution in [3.8, 4) is 0 Å². The van der Waals surface area contributed by atoms with E-state index in [0.29, 0.717) is 6.42 Å². The molecular weight excluding hydrogens is 236 g/mol. The van der Waals surface area contributed by atoms with E-state index in [1.807, 2.05) is 24.3 Å². The third kappa shape index (κ3) is 1.95. The number of benzene rings is 1. The van der Waals surface area contributed by atoms with Crippen LogP contribution >= 0.6 is 0 Å². The van der Waals surface area contributed by atoms with Crippen LogP contribution in [0, 0.1) is 5.41 Å². The molecule has 1 aromatic carbocycles. The molecule has 0 fully saturated rings. The van der Waals surface area contributed by atoms with Crippen LogP contribution in [-0.2, 0) is 11.2 Å². The minimum Gasteiger partial charge on any atom is -0.295 e. The summed E-state index contributed by atoms with van der Waals surface area (Å²) < 4.78 is 0. The van der Waals surface area contributed by atoms with Crippen LogP contribution in [0.3, 0.4) is 0 Å². The van der Waals surface area contributed by atoms with Gasteiger partial charge in [0.05, 0.1) is 0 Å². The predicted octanol–water partition coefficient (Wildman–Crippen LogP) is 3.50. The van der Waals surface area contributed by atoms with Crippen molar-refractivity contribution in [3.05, 3.63) is 47.0 Å². The number of ketones is 2. The molecule has 1 aromatic rings. The van der Waals surface area contributed by atoms with E-state index < -0.39 is 0 Å². The smallest absolute Gasteiger partial charge is 0.169 e. The van der Waals surface area contributed by atoms with E-state index in [1.165, 1.54) is 5.56 Å². The summed E-state index contributed by atoms with van der Waals surface area (Å²) in [4.78, 5) is 24.4. The topological polar surface area (TPSA) is 34.1 Å². The Morgan fingerprint density at radius 2 is 2.05 bits per heavy atom. The summed E-state index contributed by atoms with van der Waals surface area (Å²) in [5.74, 6) is 0.357. The first-order chi connectivity index (χ1) is 9.12. The highest BCUT2D eigenvalue weighted by Crippen LogP contribution is 2.46. The SMILES string of the molecule is CC(=O)C1=CC[C@]2(CCCc3ccccc3C2=O)C1. The number of hydrogen-bond acceptors (Lipinski definition) is 2. The van der Waals surface area contributed by atoms with Gasteiger partial charge in [0.15, 0.2) is 11.6 Å². The van der Waals surface area contributed by atoms with Gasteiger partial charge in [0.1, 0.15) is 0 Å². The van der Waals surface area contributed by atoms with Crippen LogP contribution in [0.25, 0.3) is 0 Å². The molecule has 0 unspecified atom stereocenters. The fourth-order valence-corrected chi connectivity index (χ4v) is 3.44. The van der Waals surface area contributed by atoms with Crippen molar-refractivity contribution in [1.29, 1.82) is 0 Å². The van der Waals surface area contributed by atoms with Gasteiger partial charge in [-0.25, -0.2) is 0 Å². The zero-order valence-electron chi connectivity index (χ0n) is 11.2. The van der Waals surface area contributed by atoms with E-state index in [9.17, 15) is 9.59 Å². The second kappa shape index (κ2) is 4.44. The van der Waals surface area contributed by atoms with E-state index in [0.717, 1.165) is 36.8 Å². The number of rotatable bonds is 1. The number of carbonyl (C=O) groups is 2. The molecule has 19 heavy (non-hydrogen) atoms. The fourth-order valence-electron chi connectivity index (χ4n) is 3.44. The Bertz CT molecular complexity index is 583. The molecule has 1 atom stereocenters. The molecule has 0 amide bonds. The molecule has 2 heteroatoms.